The highest BCUT2D eigenvalue weighted by atomic mass is 19.1. The van der Waals surface area contributed by atoms with Gasteiger partial charge in [0.25, 0.3) is 5.69 Å². The van der Waals surface area contributed by atoms with Gasteiger partial charge in [0.15, 0.2) is 11.5 Å². The third kappa shape index (κ3) is 1.68. The fourth-order valence-electron chi connectivity index (χ4n) is 1.02. The first-order valence-corrected chi connectivity index (χ1v) is 3.71. The third-order valence-corrected chi connectivity index (χ3v) is 1.71. The van der Waals surface area contributed by atoms with Crippen LogP contribution in [0.4, 0.5) is 15.8 Å². The number of amides is 1. The van der Waals surface area contributed by atoms with Crippen LogP contribution in [-0.4, -0.2) is 11.3 Å². The highest BCUT2D eigenvalue weighted by molar-refractivity contribution is 5.78. The van der Waals surface area contributed by atoms with Crippen molar-refractivity contribution in [2.45, 2.75) is 6.92 Å². The van der Waals surface area contributed by atoms with Crippen LogP contribution in [0.5, 0.6) is 0 Å². The summed E-state index contributed by atoms with van der Waals surface area (Å²) in [5.74, 6) is -0.786. The van der Waals surface area contributed by atoms with Crippen LogP contribution < -0.4 is 5.32 Å². The molecule has 74 valence electrons. The minimum absolute atomic E-state index is 0.199. The van der Waals surface area contributed by atoms with E-state index in [0.29, 0.717) is 0 Å². The Morgan fingerprint density at radius 2 is 2.21 bits per heavy atom. The van der Waals surface area contributed by atoms with E-state index < -0.39 is 22.1 Å². The molecule has 1 amide bonds. The zero-order valence-corrected chi connectivity index (χ0v) is 7.28. The molecule has 1 rings (SSSR count). The Morgan fingerprint density at radius 3 is 2.71 bits per heavy atom. The topological polar surface area (TPSA) is 72.2 Å². The second kappa shape index (κ2) is 3.82. The second-order valence-electron chi connectivity index (χ2n) is 2.61. The van der Waals surface area contributed by atoms with E-state index in [9.17, 15) is 19.3 Å². The maximum absolute atomic E-state index is 13.3. The van der Waals surface area contributed by atoms with E-state index in [1.165, 1.54) is 13.0 Å². The van der Waals surface area contributed by atoms with Crippen LogP contribution in [-0.2, 0) is 4.79 Å². The molecule has 1 N–H and O–H groups in total. The largest absolute Gasteiger partial charge is 0.321 e. The van der Waals surface area contributed by atoms with Crippen molar-refractivity contribution >= 4 is 17.8 Å². The molecule has 5 nitrogen and oxygen atoms in total. The standard InChI is InChI=1S/C8H7FN2O3/c1-5-2-3-6(11(13)14)8(7(5)9)10-4-12/h2-4H,1H3,(H,10,12). The maximum Gasteiger partial charge on any atom is 0.295 e. The molecule has 6 heteroatoms. The Kier molecular flexibility index (Phi) is 2.76. The lowest BCUT2D eigenvalue weighted by Gasteiger charge is -2.04. The SMILES string of the molecule is Cc1ccc([N+](=O)[O-])c(NC=O)c1F. The molecule has 0 unspecified atom stereocenters. The average Bonchev–Trinajstić information content (AvgIpc) is 2.13. The predicted octanol–water partition coefficient (Wildman–Crippen LogP) is 1.61. The summed E-state index contributed by atoms with van der Waals surface area (Å²) in [5, 5.41) is 12.4. The molecule has 0 atom stereocenters. The molecule has 0 heterocycles. The molecular weight excluding hydrogens is 191 g/mol. The van der Waals surface area contributed by atoms with E-state index in [1.54, 1.807) is 0 Å². The number of nitro benzene ring substituents is 1. The van der Waals surface area contributed by atoms with Gasteiger partial charge in [0.1, 0.15) is 0 Å². The smallest absolute Gasteiger partial charge is 0.295 e. The number of anilines is 1. The summed E-state index contributed by atoms with van der Waals surface area (Å²) in [7, 11) is 0. The molecular formula is C8H7FN2O3. The van der Waals surface area contributed by atoms with Gasteiger partial charge in [-0.1, -0.05) is 0 Å². The van der Waals surface area contributed by atoms with Gasteiger partial charge < -0.3 is 5.32 Å². The van der Waals surface area contributed by atoms with Crippen molar-refractivity contribution in [1.29, 1.82) is 0 Å². The van der Waals surface area contributed by atoms with Crippen molar-refractivity contribution in [2.24, 2.45) is 0 Å². The molecule has 0 saturated carbocycles. The number of carbonyl (C=O) groups is 1. The number of hydrogen-bond acceptors (Lipinski definition) is 3. The lowest BCUT2D eigenvalue weighted by Crippen LogP contribution is -2.03. The molecule has 0 aliphatic heterocycles. The summed E-state index contributed by atoms with van der Waals surface area (Å²) >= 11 is 0. The Morgan fingerprint density at radius 1 is 1.57 bits per heavy atom. The third-order valence-electron chi connectivity index (χ3n) is 1.71. The molecule has 14 heavy (non-hydrogen) atoms. The van der Waals surface area contributed by atoms with Crippen LogP contribution in [0.15, 0.2) is 12.1 Å². The zero-order chi connectivity index (χ0) is 10.7. The molecule has 0 spiro atoms. The van der Waals surface area contributed by atoms with Gasteiger partial charge in [0.2, 0.25) is 6.41 Å². The number of nitro groups is 1. The highest BCUT2D eigenvalue weighted by Gasteiger charge is 2.18. The van der Waals surface area contributed by atoms with Gasteiger partial charge in [-0.2, -0.15) is 0 Å². The first-order chi connectivity index (χ1) is 6.57. The quantitative estimate of drug-likeness (QED) is 0.455. The molecule has 1 aromatic carbocycles. The van der Waals surface area contributed by atoms with Crippen molar-refractivity contribution in [3.05, 3.63) is 33.6 Å². The normalized spacial score (nSPS) is 9.57. The van der Waals surface area contributed by atoms with E-state index in [2.05, 4.69) is 0 Å². The molecule has 0 radical (unpaired) electrons. The Bertz CT molecular complexity index is 392. The molecule has 0 fully saturated rings. The van der Waals surface area contributed by atoms with Gasteiger partial charge in [-0.3, -0.25) is 14.9 Å². The fourth-order valence-corrected chi connectivity index (χ4v) is 1.02. The Hall–Kier alpha value is -1.98. The summed E-state index contributed by atoms with van der Waals surface area (Å²) in [5.41, 5.74) is -0.620. The lowest BCUT2D eigenvalue weighted by atomic mass is 10.2. The summed E-state index contributed by atoms with van der Waals surface area (Å²) < 4.78 is 13.3. The average molecular weight is 198 g/mol. The van der Waals surface area contributed by atoms with E-state index in [1.807, 2.05) is 5.32 Å². The monoisotopic (exact) mass is 198 g/mol. The minimum atomic E-state index is -0.786. The molecule has 0 aliphatic carbocycles. The maximum atomic E-state index is 13.3. The number of aryl methyl sites for hydroxylation is 1. The lowest BCUT2D eigenvalue weighted by molar-refractivity contribution is -0.384. The van der Waals surface area contributed by atoms with E-state index in [-0.39, 0.29) is 12.0 Å². The number of nitrogens with zero attached hydrogens (tertiary/aromatic N) is 1. The Balaban J connectivity index is 3.36. The fraction of sp³-hybridized carbons (Fsp3) is 0.125. The van der Waals surface area contributed by atoms with Crippen molar-refractivity contribution in [2.75, 3.05) is 5.32 Å². The van der Waals surface area contributed by atoms with Gasteiger partial charge in [-0.25, -0.2) is 4.39 Å². The van der Waals surface area contributed by atoms with Crippen LogP contribution in [0, 0.1) is 22.9 Å². The number of nitrogens with one attached hydrogen (secondary N) is 1. The molecule has 0 bridgehead atoms. The van der Waals surface area contributed by atoms with Crippen LogP contribution in [0.1, 0.15) is 5.56 Å². The molecule has 0 aliphatic rings. The number of halogens is 1. The van der Waals surface area contributed by atoms with Gasteiger partial charge >= 0.3 is 0 Å². The van der Waals surface area contributed by atoms with Crippen molar-refractivity contribution in [3.63, 3.8) is 0 Å². The molecule has 0 saturated heterocycles. The Labute approximate surface area is 78.7 Å². The minimum Gasteiger partial charge on any atom is -0.321 e. The summed E-state index contributed by atoms with van der Waals surface area (Å²) in [4.78, 5) is 19.8. The van der Waals surface area contributed by atoms with Crippen molar-refractivity contribution in [1.82, 2.24) is 0 Å². The summed E-state index contributed by atoms with van der Waals surface area (Å²) in [6.45, 7) is 1.45. The van der Waals surface area contributed by atoms with Crippen LogP contribution in [0.2, 0.25) is 0 Å². The summed E-state index contributed by atoms with van der Waals surface area (Å²) in [6.07, 6.45) is 0.199. The first-order valence-electron chi connectivity index (χ1n) is 3.71. The van der Waals surface area contributed by atoms with Gasteiger partial charge in [0.05, 0.1) is 4.92 Å². The van der Waals surface area contributed by atoms with E-state index in [0.717, 1.165) is 6.07 Å². The van der Waals surface area contributed by atoms with Crippen LogP contribution in [0.3, 0.4) is 0 Å². The predicted molar refractivity (Wildman–Crippen MR) is 47.5 cm³/mol. The number of carbonyl (C=O) groups excluding carboxylic acids is 1. The highest BCUT2D eigenvalue weighted by Crippen LogP contribution is 2.28. The van der Waals surface area contributed by atoms with Crippen molar-refractivity contribution in [3.8, 4) is 0 Å². The van der Waals surface area contributed by atoms with E-state index >= 15 is 0 Å². The number of rotatable bonds is 3. The van der Waals surface area contributed by atoms with Crippen LogP contribution >= 0.6 is 0 Å². The molecule has 0 aromatic heterocycles. The van der Waals surface area contributed by atoms with Gasteiger partial charge in [-0.05, 0) is 18.6 Å². The first kappa shape index (κ1) is 10.1. The van der Waals surface area contributed by atoms with Crippen LogP contribution in [0.25, 0.3) is 0 Å². The summed E-state index contributed by atoms with van der Waals surface area (Å²) in [6, 6.07) is 2.42. The zero-order valence-electron chi connectivity index (χ0n) is 7.28. The number of hydrogen-bond donors (Lipinski definition) is 1. The van der Waals surface area contributed by atoms with E-state index in [4.69, 9.17) is 0 Å². The molecule has 1 aromatic rings. The number of benzene rings is 1. The van der Waals surface area contributed by atoms with Gasteiger partial charge in [0, 0.05) is 6.07 Å². The van der Waals surface area contributed by atoms with Gasteiger partial charge in [-0.15, -0.1) is 0 Å². The van der Waals surface area contributed by atoms with Crippen molar-refractivity contribution < 1.29 is 14.1 Å². The second-order valence-corrected chi connectivity index (χ2v) is 2.61.